The molecular formula is C20H18N4O3. The Balaban J connectivity index is 1.83. The molecule has 7 heteroatoms. The van der Waals surface area contributed by atoms with E-state index in [-0.39, 0.29) is 16.9 Å². The van der Waals surface area contributed by atoms with Crippen LogP contribution in [0.5, 0.6) is 5.75 Å². The van der Waals surface area contributed by atoms with Gasteiger partial charge in [-0.1, -0.05) is 24.3 Å². The van der Waals surface area contributed by atoms with Crippen molar-refractivity contribution < 1.29 is 14.7 Å². The number of nitrogens with one attached hydrogen (secondary N) is 2. The van der Waals surface area contributed by atoms with Gasteiger partial charge in [-0.25, -0.2) is 0 Å². The first kappa shape index (κ1) is 17.8. The highest BCUT2D eigenvalue weighted by atomic mass is 16.3. The SMILES string of the molecule is Nc1ccccc1NC(=O)c1cc(O)cc(C(=O)Nc2ccccc2N)c1. The molecule has 0 aliphatic rings. The summed E-state index contributed by atoms with van der Waals surface area (Å²) in [4.78, 5) is 25.0. The molecule has 0 saturated heterocycles. The molecule has 27 heavy (non-hydrogen) atoms. The Kier molecular flexibility index (Phi) is 4.94. The number of hydrogen-bond acceptors (Lipinski definition) is 5. The van der Waals surface area contributed by atoms with Gasteiger partial charge in [0, 0.05) is 11.1 Å². The molecule has 0 saturated carbocycles. The monoisotopic (exact) mass is 362 g/mol. The average molecular weight is 362 g/mol. The van der Waals surface area contributed by atoms with Crippen LogP contribution in [0.1, 0.15) is 20.7 Å². The van der Waals surface area contributed by atoms with Crippen molar-refractivity contribution in [3.63, 3.8) is 0 Å². The first-order valence-electron chi connectivity index (χ1n) is 8.10. The van der Waals surface area contributed by atoms with Crippen LogP contribution in [-0.4, -0.2) is 16.9 Å². The molecule has 0 unspecified atom stereocenters. The Bertz CT molecular complexity index is 940. The molecule has 0 aromatic heterocycles. The molecule has 0 heterocycles. The first-order valence-corrected chi connectivity index (χ1v) is 8.10. The second kappa shape index (κ2) is 7.49. The zero-order chi connectivity index (χ0) is 19.4. The maximum absolute atomic E-state index is 12.5. The molecule has 0 bridgehead atoms. The molecular weight excluding hydrogens is 344 g/mol. The fourth-order valence-corrected chi connectivity index (χ4v) is 2.48. The zero-order valence-electron chi connectivity index (χ0n) is 14.3. The second-order valence-electron chi connectivity index (χ2n) is 5.85. The summed E-state index contributed by atoms with van der Waals surface area (Å²) in [6.07, 6.45) is 0. The van der Waals surface area contributed by atoms with E-state index in [9.17, 15) is 14.7 Å². The maximum atomic E-state index is 12.5. The number of anilines is 4. The van der Waals surface area contributed by atoms with E-state index in [0.717, 1.165) is 0 Å². The van der Waals surface area contributed by atoms with Crippen LogP contribution in [0.4, 0.5) is 22.7 Å². The predicted octanol–water partition coefficient (Wildman–Crippen LogP) is 3.06. The van der Waals surface area contributed by atoms with Gasteiger partial charge in [0.05, 0.1) is 22.7 Å². The van der Waals surface area contributed by atoms with E-state index >= 15 is 0 Å². The van der Waals surface area contributed by atoms with Crippen LogP contribution in [0.3, 0.4) is 0 Å². The van der Waals surface area contributed by atoms with Gasteiger partial charge in [-0.2, -0.15) is 0 Å². The lowest BCUT2D eigenvalue weighted by atomic mass is 10.1. The highest BCUT2D eigenvalue weighted by Crippen LogP contribution is 2.22. The molecule has 2 amide bonds. The third-order valence-electron chi connectivity index (χ3n) is 3.86. The minimum atomic E-state index is -0.503. The summed E-state index contributed by atoms with van der Waals surface area (Å²) in [6, 6.07) is 17.5. The number of amides is 2. The van der Waals surface area contributed by atoms with Gasteiger partial charge < -0.3 is 27.2 Å². The van der Waals surface area contributed by atoms with Crippen molar-refractivity contribution in [2.45, 2.75) is 0 Å². The Labute approximate surface area is 155 Å². The topological polar surface area (TPSA) is 130 Å². The fraction of sp³-hybridized carbons (Fsp3) is 0. The summed E-state index contributed by atoms with van der Waals surface area (Å²) in [7, 11) is 0. The van der Waals surface area contributed by atoms with E-state index in [1.807, 2.05) is 0 Å². The van der Waals surface area contributed by atoms with Crippen LogP contribution < -0.4 is 22.1 Å². The van der Waals surface area contributed by atoms with Crippen LogP contribution in [0.25, 0.3) is 0 Å². The van der Waals surface area contributed by atoms with Crippen LogP contribution in [0.15, 0.2) is 66.7 Å². The van der Waals surface area contributed by atoms with Gasteiger partial charge in [0.25, 0.3) is 11.8 Å². The summed E-state index contributed by atoms with van der Waals surface area (Å²) in [5.41, 5.74) is 13.6. The van der Waals surface area contributed by atoms with Crippen molar-refractivity contribution >= 4 is 34.6 Å². The summed E-state index contributed by atoms with van der Waals surface area (Å²) < 4.78 is 0. The third kappa shape index (κ3) is 4.16. The molecule has 0 aliphatic heterocycles. The van der Waals surface area contributed by atoms with Gasteiger partial charge >= 0.3 is 0 Å². The summed E-state index contributed by atoms with van der Waals surface area (Å²) in [5.74, 6) is -1.22. The van der Waals surface area contributed by atoms with E-state index < -0.39 is 11.8 Å². The normalized spacial score (nSPS) is 10.2. The molecule has 0 atom stereocenters. The number of phenols is 1. The first-order chi connectivity index (χ1) is 12.9. The number of carbonyl (C=O) groups excluding carboxylic acids is 2. The van der Waals surface area contributed by atoms with Crippen LogP contribution in [0.2, 0.25) is 0 Å². The molecule has 0 spiro atoms. The van der Waals surface area contributed by atoms with Crippen molar-refractivity contribution in [1.82, 2.24) is 0 Å². The number of carbonyl (C=O) groups is 2. The molecule has 0 fully saturated rings. The molecule has 7 nitrogen and oxygen atoms in total. The number of para-hydroxylation sites is 4. The van der Waals surface area contributed by atoms with Crippen LogP contribution >= 0.6 is 0 Å². The lowest BCUT2D eigenvalue weighted by Crippen LogP contribution is -2.16. The summed E-state index contributed by atoms with van der Waals surface area (Å²) >= 11 is 0. The standard InChI is InChI=1S/C20H18N4O3/c21-15-5-1-3-7-17(15)23-19(26)12-9-13(11-14(25)10-12)20(27)24-18-8-4-2-6-16(18)22/h1-11,25H,21-22H2,(H,23,26)(H,24,27). The summed E-state index contributed by atoms with van der Waals surface area (Å²) in [5, 5.41) is 15.2. The Morgan fingerprint density at radius 3 is 1.52 bits per heavy atom. The Hall–Kier alpha value is -4.00. The second-order valence-corrected chi connectivity index (χ2v) is 5.85. The highest BCUT2D eigenvalue weighted by Gasteiger charge is 2.15. The van der Waals surface area contributed by atoms with Crippen LogP contribution in [-0.2, 0) is 0 Å². The van der Waals surface area contributed by atoms with Crippen molar-refractivity contribution in [3.05, 3.63) is 77.9 Å². The number of benzene rings is 3. The van der Waals surface area contributed by atoms with Gasteiger partial charge in [-0.3, -0.25) is 9.59 Å². The minimum Gasteiger partial charge on any atom is -0.508 e. The van der Waals surface area contributed by atoms with Gasteiger partial charge in [-0.05, 0) is 42.5 Å². The maximum Gasteiger partial charge on any atom is 0.255 e. The highest BCUT2D eigenvalue weighted by molar-refractivity contribution is 6.10. The van der Waals surface area contributed by atoms with Crippen molar-refractivity contribution in [1.29, 1.82) is 0 Å². The van der Waals surface area contributed by atoms with E-state index in [1.165, 1.54) is 18.2 Å². The predicted molar refractivity (Wildman–Crippen MR) is 106 cm³/mol. The average Bonchev–Trinajstić information content (AvgIpc) is 2.65. The van der Waals surface area contributed by atoms with E-state index in [0.29, 0.717) is 22.7 Å². The Morgan fingerprint density at radius 1 is 0.704 bits per heavy atom. The molecule has 136 valence electrons. The van der Waals surface area contributed by atoms with Crippen molar-refractivity contribution in [2.75, 3.05) is 22.1 Å². The van der Waals surface area contributed by atoms with Crippen LogP contribution in [0, 0.1) is 0 Å². The summed E-state index contributed by atoms with van der Waals surface area (Å²) in [6.45, 7) is 0. The molecule has 0 radical (unpaired) electrons. The van der Waals surface area contributed by atoms with E-state index in [1.54, 1.807) is 48.5 Å². The molecule has 3 aromatic rings. The van der Waals surface area contributed by atoms with E-state index in [2.05, 4.69) is 10.6 Å². The quantitative estimate of drug-likeness (QED) is 0.455. The number of hydrogen-bond donors (Lipinski definition) is 5. The fourth-order valence-electron chi connectivity index (χ4n) is 2.48. The minimum absolute atomic E-state index is 0.115. The number of rotatable bonds is 4. The number of phenolic OH excluding ortho intramolecular Hbond substituents is 1. The molecule has 0 aliphatic carbocycles. The zero-order valence-corrected chi connectivity index (χ0v) is 14.3. The third-order valence-corrected chi connectivity index (χ3v) is 3.86. The lowest BCUT2D eigenvalue weighted by Gasteiger charge is -2.11. The Morgan fingerprint density at radius 2 is 1.11 bits per heavy atom. The number of aromatic hydroxyl groups is 1. The molecule has 7 N–H and O–H groups in total. The largest absolute Gasteiger partial charge is 0.508 e. The number of nitrogen functional groups attached to an aromatic ring is 2. The van der Waals surface area contributed by atoms with Gasteiger partial charge in [0.2, 0.25) is 0 Å². The van der Waals surface area contributed by atoms with Crippen molar-refractivity contribution in [3.8, 4) is 5.75 Å². The lowest BCUT2D eigenvalue weighted by molar-refractivity contribution is 0.102. The number of nitrogens with two attached hydrogens (primary N) is 2. The molecule has 3 rings (SSSR count). The van der Waals surface area contributed by atoms with Gasteiger partial charge in [0.1, 0.15) is 5.75 Å². The van der Waals surface area contributed by atoms with E-state index in [4.69, 9.17) is 11.5 Å². The molecule has 3 aromatic carbocycles. The smallest absolute Gasteiger partial charge is 0.255 e. The van der Waals surface area contributed by atoms with Crippen molar-refractivity contribution in [2.24, 2.45) is 0 Å². The van der Waals surface area contributed by atoms with Gasteiger partial charge in [-0.15, -0.1) is 0 Å². The van der Waals surface area contributed by atoms with Gasteiger partial charge in [0.15, 0.2) is 0 Å².